The molecule has 0 spiro atoms. The molecule has 0 radical (unpaired) electrons. The van der Waals surface area contributed by atoms with Gasteiger partial charge in [-0.15, -0.1) is 0 Å². The number of benzene rings is 1. The Morgan fingerprint density at radius 2 is 2.16 bits per heavy atom. The number of carboxylic acids is 1. The molecule has 0 bridgehead atoms. The second-order valence-corrected chi connectivity index (χ2v) is 7.41. The van der Waals surface area contributed by atoms with Gasteiger partial charge in [-0.25, -0.2) is 0 Å². The third-order valence-electron chi connectivity index (χ3n) is 3.51. The fourth-order valence-corrected chi connectivity index (χ4v) is 3.84. The predicted octanol–water partition coefficient (Wildman–Crippen LogP) is 2.86. The maximum absolute atomic E-state index is 12.2. The molecule has 25 heavy (non-hydrogen) atoms. The molecular formula is C17H11ClNO4S2-. The zero-order valence-electron chi connectivity index (χ0n) is 12.9. The number of rotatable bonds is 4. The van der Waals surface area contributed by atoms with Crippen molar-refractivity contribution in [1.82, 2.24) is 4.90 Å². The summed E-state index contributed by atoms with van der Waals surface area (Å²) < 4.78 is 5.96. The molecule has 1 aromatic carbocycles. The number of carboxylic acid groups (broad SMARTS) is 1. The van der Waals surface area contributed by atoms with Crippen LogP contribution in [0.25, 0.3) is 17.4 Å². The normalized spacial score (nSPS) is 16.1. The third-order valence-corrected chi connectivity index (χ3v) is 5.13. The van der Waals surface area contributed by atoms with Gasteiger partial charge in [-0.05, 0) is 42.8 Å². The lowest BCUT2D eigenvalue weighted by atomic mass is 10.1. The standard InChI is InChI=1S/C17H12ClNO4S2/c1-9-6-10(18)2-4-12(9)13-5-3-11(23-13)7-14-16(22)19(8-15(20)21)17(24)25-14/h2-7H,8H2,1H3,(H,20,21)/p-1/b14-7-. The van der Waals surface area contributed by atoms with Crippen molar-refractivity contribution >= 4 is 57.9 Å². The SMILES string of the molecule is Cc1cc(Cl)ccc1-c1ccc(/C=C2\SC(=S)N(CC(=O)[O-])C2=O)o1. The summed E-state index contributed by atoms with van der Waals surface area (Å²) in [5.41, 5.74) is 1.86. The van der Waals surface area contributed by atoms with E-state index in [0.717, 1.165) is 27.8 Å². The predicted molar refractivity (Wildman–Crippen MR) is 98.8 cm³/mol. The van der Waals surface area contributed by atoms with Crippen molar-refractivity contribution in [2.24, 2.45) is 0 Å². The monoisotopic (exact) mass is 392 g/mol. The van der Waals surface area contributed by atoms with Crippen LogP contribution in [0.15, 0.2) is 39.7 Å². The molecule has 2 heterocycles. The number of hydrogen-bond donors (Lipinski definition) is 0. The first-order valence-corrected chi connectivity index (χ1v) is 8.77. The Labute approximate surface area is 158 Å². The van der Waals surface area contributed by atoms with Gasteiger partial charge < -0.3 is 14.3 Å². The number of aliphatic carboxylic acids is 1. The molecule has 1 aliphatic rings. The second-order valence-electron chi connectivity index (χ2n) is 5.30. The molecule has 0 atom stereocenters. The van der Waals surface area contributed by atoms with E-state index in [1.54, 1.807) is 24.3 Å². The lowest BCUT2D eigenvalue weighted by Crippen LogP contribution is -2.40. The molecule has 1 aliphatic heterocycles. The summed E-state index contributed by atoms with van der Waals surface area (Å²) in [5.74, 6) is -0.722. The first-order valence-electron chi connectivity index (χ1n) is 7.17. The van der Waals surface area contributed by atoms with Gasteiger partial charge in [0, 0.05) is 16.7 Å². The number of carbonyl (C=O) groups excluding carboxylic acids is 2. The summed E-state index contributed by atoms with van der Waals surface area (Å²) in [6, 6.07) is 9.00. The van der Waals surface area contributed by atoms with Crippen molar-refractivity contribution in [2.45, 2.75) is 6.92 Å². The van der Waals surface area contributed by atoms with Crippen LogP contribution in [0.2, 0.25) is 5.02 Å². The lowest BCUT2D eigenvalue weighted by molar-refractivity contribution is -0.305. The number of aryl methyl sites for hydroxylation is 1. The molecule has 1 saturated heterocycles. The van der Waals surface area contributed by atoms with Crippen LogP contribution >= 0.6 is 35.6 Å². The van der Waals surface area contributed by atoms with Crippen LogP contribution in [0, 0.1) is 6.92 Å². The maximum atomic E-state index is 12.2. The minimum absolute atomic E-state index is 0.181. The largest absolute Gasteiger partial charge is 0.548 e. The lowest BCUT2D eigenvalue weighted by Gasteiger charge is -2.14. The van der Waals surface area contributed by atoms with E-state index < -0.39 is 18.4 Å². The number of thioether (sulfide) groups is 1. The summed E-state index contributed by atoms with van der Waals surface area (Å²) in [6.45, 7) is 1.36. The summed E-state index contributed by atoms with van der Waals surface area (Å²) >= 11 is 12.0. The zero-order chi connectivity index (χ0) is 18.1. The number of carbonyl (C=O) groups is 2. The molecule has 0 saturated carbocycles. The molecule has 2 aromatic rings. The van der Waals surface area contributed by atoms with Crippen molar-refractivity contribution in [3.05, 3.63) is 51.6 Å². The molecular weight excluding hydrogens is 382 g/mol. The van der Waals surface area contributed by atoms with Gasteiger partial charge >= 0.3 is 0 Å². The number of hydrogen-bond acceptors (Lipinski definition) is 6. The second kappa shape index (κ2) is 7.03. The first kappa shape index (κ1) is 17.7. The molecule has 3 rings (SSSR count). The quantitative estimate of drug-likeness (QED) is 0.588. The van der Waals surface area contributed by atoms with Gasteiger partial charge in [-0.3, -0.25) is 9.69 Å². The van der Waals surface area contributed by atoms with Crippen LogP contribution in [0.3, 0.4) is 0 Å². The Kier molecular flexibility index (Phi) is 4.99. The van der Waals surface area contributed by atoms with Gasteiger partial charge in [0.2, 0.25) is 0 Å². The molecule has 0 unspecified atom stereocenters. The number of furan rings is 1. The van der Waals surface area contributed by atoms with Crippen molar-refractivity contribution in [2.75, 3.05) is 6.54 Å². The zero-order valence-corrected chi connectivity index (χ0v) is 15.3. The van der Waals surface area contributed by atoms with E-state index in [9.17, 15) is 14.7 Å². The van der Waals surface area contributed by atoms with Gasteiger partial charge in [0.15, 0.2) is 0 Å². The fourth-order valence-electron chi connectivity index (χ4n) is 2.37. The summed E-state index contributed by atoms with van der Waals surface area (Å²) in [4.78, 5) is 24.2. The van der Waals surface area contributed by atoms with Crippen LogP contribution in [0.5, 0.6) is 0 Å². The van der Waals surface area contributed by atoms with Crippen LogP contribution in [-0.4, -0.2) is 27.6 Å². The fraction of sp³-hybridized carbons (Fsp3) is 0.118. The molecule has 128 valence electrons. The van der Waals surface area contributed by atoms with Gasteiger partial charge in [0.1, 0.15) is 15.8 Å². The van der Waals surface area contributed by atoms with E-state index in [1.807, 2.05) is 19.1 Å². The minimum atomic E-state index is -1.36. The van der Waals surface area contributed by atoms with E-state index in [2.05, 4.69) is 0 Å². The number of amides is 1. The Bertz CT molecular complexity index is 919. The van der Waals surface area contributed by atoms with Gasteiger partial charge in [-0.1, -0.05) is 35.6 Å². The number of halogens is 1. The summed E-state index contributed by atoms with van der Waals surface area (Å²) in [7, 11) is 0. The van der Waals surface area contributed by atoms with Crippen LogP contribution < -0.4 is 5.11 Å². The highest BCUT2D eigenvalue weighted by Crippen LogP contribution is 2.34. The van der Waals surface area contributed by atoms with Crippen molar-refractivity contribution in [1.29, 1.82) is 0 Å². The van der Waals surface area contributed by atoms with E-state index >= 15 is 0 Å². The molecule has 5 nitrogen and oxygen atoms in total. The molecule has 0 N–H and O–H groups in total. The maximum Gasteiger partial charge on any atom is 0.266 e. The first-order chi connectivity index (χ1) is 11.8. The molecule has 1 amide bonds. The third kappa shape index (κ3) is 3.78. The molecule has 1 aromatic heterocycles. The Hall–Kier alpha value is -2.09. The summed E-state index contributed by atoms with van der Waals surface area (Å²) in [6.07, 6.45) is 1.54. The molecule has 1 fully saturated rings. The van der Waals surface area contributed by atoms with E-state index in [0.29, 0.717) is 21.4 Å². The van der Waals surface area contributed by atoms with Crippen LogP contribution in [0.4, 0.5) is 0 Å². The highest BCUT2D eigenvalue weighted by atomic mass is 35.5. The topological polar surface area (TPSA) is 73.6 Å². The summed E-state index contributed by atoms with van der Waals surface area (Å²) in [5, 5.41) is 11.3. The number of nitrogens with zero attached hydrogens (tertiary/aromatic N) is 1. The Morgan fingerprint density at radius 1 is 1.40 bits per heavy atom. The van der Waals surface area contributed by atoms with Crippen molar-refractivity contribution in [3.63, 3.8) is 0 Å². The van der Waals surface area contributed by atoms with E-state index in [4.69, 9.17) is 28.2 Å². The minimum Gasteiger partial charge on any atom is -0.548 e. The van der Waals surface area contributed by atoms with Crippen molar-refractivity contribution in [3.8, 4) is 11.3 Å². The average molecular weight is 393 g/mol. The van der Waals surface area contributed by atoms with Gasteiger partial charge in [0.05, 0.1) is 17.4 Å². The van der Waals surface area contributed by atoms with E-state index in [-0.39, 0.29) is 4.32 Å². The van der Waals surface area contributed by atoms with E-state index in [1.165, 1.54) is 0 Å². The Morgan fingerprint density at radius 3 is 2.84 bits per heavy atom. The van der Waals surface area contributed by atoms with Gasteiger partial charge in [0.25, 0.3) is 5.91 Å². The molecule has 0 aliphatic carbocycles. The van der Waals surface area contributed by atoms with Gasteiger partial charge in [-0.2, -0.15) is 0 Å². The van der Waals surface area contributed by atoms with Crippen LogP contribution in [0.1, 0.15) is 11.3 Å². The highest BCUT2D eigenvalue weighted by Gasteiger charge is 2.32. The molecule has 8 heteroatoms. The number of thiocarbonyl (C=S) groups is 1. The Balaban J connectivity index is 1.86. The highest BCUT2D eigenvalue weighted by molar-refractivity contribution is 8.26. The van der Waals surface area contributed by atoms with Crippen molar-refractivity contribution < 1.29 is 19.1 Å². The van der Waals surface area contributed by atoms with Crippen LogP contribution in [-0.2, 0) is 9.59 Å². The average Bonchev–Trinajstić information content (AvgIpc) is 3.08. The smallest absolute Gasteiger partial charge is 0.266 e.